The third-order valence-electron chi connectivity index (χ3n) is 8.53. The van der Waals surface area contributed by atoms with Gasteiger partial charge in [0.15, 0.2) is 0 Å². The summed E-state index contributed by atoms with van der Waals surface area (Å²) in [7, 11) is 0. The highest BCUT2D eigenvalue weighted by molar-refractivity contribution is 5.99. The van der Waals surface area contributed by atoms with E-state index < -0.39 is 59.1 Å². The maximum atomic E-state index is 14.3. The molecule has 1 aromatic carbocycles. The van der Waals surface area contributed by atoms with E-state index in [-0.39, 0.29) is 31.4 Å². The number of fused-ring (bicyclic) bond motifs is 2. The second kappa shape index (κ2) is 11.1. The molecule has 10 heteroatoms. The molecular formula is C31H39N3O7. The van der Waals surface area contributed by atoms with Gasteiger partial charge >= 0.3 is 5.97 Å². The van der Waals surface area contributed by atoms with Gasteiger partial charge in [0.25, 0.3) is 0 Å². The first-order chi connectivity index (χ1) is 19.5. The van der Waals surface area contributed by atoms with E-state index in [0.29, 0.717) is 18.5 Å². The minimum atomic E-state index is -1.44. The van der Waals surface area contributed by atoms with Crippen LogP contribution in [0.25, 0.3) is 0 Å². The van der Waals surface area contributed by atoms with Gasteiger partial charge in [0, 0.05) is 18.5 Å². The van der Waals surface area contributed by atoms with Crippen LogP contribution in [-0.4, -0.2) is 87.6 Å². The van der Waals surface area contributed by atoms with Gasteiger partial charge < -0.3 is 29.7 Å². The lowest BCUT2D eigenvalue weighted by Crippen LogP contribution is -2.60. The van der Waals surface area contributed by atoms with Crippen molar-refractivity contribution in [2.24, 2.45) is 11.8 Å². The van der Waals surface area contributed by atoms with Crippen molar-refractivity contribution < 1.29 is 33.8 Å². The molecule has 1 aromatic rings. The van der Waals surface area contributed by atoms with Crippen LogP contribution in [-0.2, 0) is 28.7 Å². The monoisotopic (exact) mass is 565 g/mol. The Hall–Kier alpha value is -3.50. The lowest BCUT2D eigenvalue weighted by Gasteiger charge is -2.41. The number of ether oxygens (including phenoxy) is 2. The summed E-state index contributed by atoms with van der Waals surface area (Å²) in [6.45, 7) is 7.49. The second-order valence-electron chi connectivity index (χ2n) is 12.2. The maximum Gasteiger partial charge on any atom is 0.313 e. The molecule has 220 valence electrons. The highest BCUT2D eigenvalue weighted by atomic mass is 16.6. The van der Waals surface area contributed by atoms with Crippen LogP contribution in [0.5, 0.6) is 0 Å². The van der Waals surface area contributed by atoms with Gasteiger partial charge in [-0.05, 0) is 39.7 Å². The van der Waals surface area contributed by atoms with Crippen LogP contribution in [0.3, 0.4) is 0 Å². The Balaban J connectivity index is 1.61. The van der Waals surface area contributed by atoms with Crippen molar-refractivity contribution >= 4 is 23.7 Å². The van der Waals surface area contributed by atoms with Crippen molar-refractivity contribution in [3.8, 4) is 0 Å². The van der Waals surface area contributed by atoms with E-state index in [1.807, 2.05) is 57.2 Å². The predicted molar refractivity (Wildman–Crippen MR) is 149 cm³/mol. The normalized spacial score (nSPS) is 33.9. The summed E-state index contributed by atoms with van der Waals surface area (Å²) < 4.78 is 12.7. The van der Waals surface area contributed by atoms with Gasteiger partial charge in [-0.2, -0.15) is 0 Å². The van der Waals surface area contributed by atoms with E-state index >= 15 is 0 Å². The number of hydrogen-bond donors (Lipinski definition) is 2. The Labute approximate surface area is 240 Å². The first-order valence-corrected chi connectivity index (χ1v) is 14.3. The van der Waals surface area contributed by atoms with Crippen LogP contribution in [0.4, 0.5) is 0 Å². The molecule has 3 amide bonds. The van der Waals surface area contributed by atoms with Crippen LogP contribution in [0.15, 0.2) is 54.6 Å². The molecule has 0 unspecified atom stereocenters. The molecule has 41 heavy (non-hydrogen) atoms. The van der Waals surface area contributed by atoms with E-state index in [0.717, 1.165) is 0 Å². The topological polar surface area (TPSA) is 125 Å². The summed E-state index contributed by atoms with van der Waals surface area (Å²) in [5.41, 5.74) is -1.28. The molecule has 4 aliphatic heterocycles. The molecule has 4 aliphatic rings. The Morgan fingerprint density at radius 1 is 1.10 bits per heavy atom. The van der Waals surface area contributed by atoms with Gasteiger partial charge in [0.2, 0.25) is 17.7 Å². The number of hydrogen-bond acceptors (Lipinski definition) is 7. The zero-order valence-corrected chi connectivity index (χ0v) is 24.0. The molecule has 0 saturated carbocycles. The lowest BCUT2D eigenvalue weighted by molar-refractivity contribution is -0.161. The second-order valence-corrected chi connectivity index (χ2v) is 12.2. The Morgan fingerprint density at radius 2 is 1.83 bits per heavy atom. The highest BCUT2D eigenvalue weighted by Gasteiger charge is 2.72. The maximum absolute atomic E-state index is 14.3. The number of nitrogens with one attached hydrogen (secondary N) is 1. The van der Waals surface area contributed by atoms with Gasteiger partial charge in [-0.3, -0.25) is 19.2 Å². The van der Waals surface area contributed by atoms with E-state index in [2.05, 4.69) is 5.32 Å². The van der Waals surface area contributed by atoms with Gasteiger partial charge in [-0.1, -0.05) is 54.6 Å². The Bertz CT molecular complexity index is 1260. The minimum Gasteiger partial charge on any atom is -0.455 e. The summed E-state index contributed by atoms with van der Waals surface area (Å²) in [5, 5.41) is 13.0. The molecule has 4 heterocycles. The number of nitrogens with zero attached hydrogens (tertiary/aromatic N) is 2. The van der Waals surface area contributed by atoms with Gasteiger partial charge in [0.1, 0.15) is 23.7 Å². The Kier molecular flexibility index (Phi) is 7.82. The number of aliphatic hydroxyl groups excluding tert-OH is 1. The smallest absolute Gasteiger partial charge is 0.313 e. The number of allylic oxidation sites excluding steroid dienone is 1. The number of rotatable bonds is 3. The van der Waals surface area contributed by atoms with Crippen molar-refractivity contribution in [1.82, 2.24) is 15.1 Å². The van der Waals surface area contributed by atoms with Crippen molar-refractivity contribution in [2.75, 3.05) is 19.7 Å². The largest absolute Gasteiger partial charge is 0.455 e. The van der Waals surface area contributed by atoms with Crippen LogP contribution in [0.1, 0.15) is 52.2 Å². The highest BCUT2D eigenvalue weighted by Crippen LogP contribution is 2.54. The summed E-state index contributed by atoms with van der Waals surface area (Å²) in [6.07, 6.45) is 6.09. The number of aliphatic hydroxyl groups is 1. The van der Waals surface area contributed by atoms with E-state index in [1.165, 1.54) is 4.90 Å². The zero-order chi connectivity index (χ0) is 29.5. The first-order valence-electron chi connectivity index (χ1n) is 14.3. The number of carbonyl (C=O) groups is 4. The molecule has 2 fully saturated rings. The van der Waals surface area contributed by atoms with Crippen LogP contribution in [0, 0.1) is 11.8 Å². The minimum absolute atomic E-state index is 0.0789. The number of carbonyl (C=O) groups excluding carboxylic acids is 4. The molecule has 2 saturated heterocycles. The third-order valence-corrected chi connectivity index (χ3v) is 8.53. The molecule has 5 rings (SSSR count). The molecule has 0 radical (unpaired) electrons. The molecule has 0 aliphatic carbocycles. The SMILES string of the molecule is C[C@H](CO)N1C(=O)[C@H]2[C@@H]3C(=O)O[C@@H](c4ccccc4)CNC(=O)CC/C=C\[C@@H]3O[C@]23C=CCN(C(C)(C)C)C(=O)[C@H]13. The predicted octanol–water partition coefficient (Wildman–Crippen LogP) is 1.90. The fourth-order valence-corrected chi connectivity index (χ4v) is 6.51. The van der Waals surface area contributed by atoms with Crippen LogP contribution >= 0.6 is 0 Å². The molecule has 7 atom stereocenters. The Morgan fingerprint density at radius 3 is 2.51 bits per heavy atom. The van der Waals surface area contributed by atoms with Gasteiger partial charge in [-0.25, -0.2) is 0 Å². The van der Waals surface area contributed by atoms with E-state index in [1.54, 1.807) is 30.1 Å². The summed E-state index contributed by atoms with van der Waals surface area (Å²) in [5.74, 6) is -3.64. The number of esters is 1. The summed E-state index contributed by atoms with van der Waals surface area (Å²) >= 11 is 0. The van der Waals surface area contributed by atoms with Crippen molar-refractivity contribution in [1.29, 1.82) is 0 Å². The molecule has 2 N–H and O–H groups in total. The molecule has 0 bridgehead atoms. The van der Waals surface area contributed by atoms with Crippen molar-refractivity contribution in [3.05, 3.63) is 60.2 Å². The fraction of sp³-hybridized carbons (Fsp3) is 0.548. The zero-order valence-electron chi connectivity index (χ0n) is 24.0. The van der Waals surface area contributed by atoms with E-state index in [9.17, 15) is 24.3 Å². The number of amides is 3. The van der Waals surface area contributed by atoms with E-state index in [4.69, 9.17) is 9.47 Å². The molecule has 10 nitrogen and oxygen atoms in total. The van der Waals surface area contributed by atoms with Crippen LogP contribution < -0.4 is 5.32 Å². The molecular weight excluding hydrogens is 526 g/mol. The number of likely N-dealkylation sites (tertiary alicyclic amines) is 1. The molecule has 0 aromatic heterocycles. The van der Waals surface area contributed by atoms with Crippen molar-refractivity contribution in [2.45, 2.75) is 76.0 Å². The van der Waals surface area contributed by atoms with Gasteiger partial charge in [-0.15, -0.1) is 0 Å². The average Bonchev–Trinajstić information content (AvgIpc) is 3.32. The quantitative estimate of drug-likeness (QED) is 0.424. The van der Waals surface area contributed by atoms with Crippen LogP contribution in [0.2, 0.25) is 0 Å². The van der Waals surface area contributed by atoms with Crippen molar-refractivity contribution in [3.63, 3.8) is 0 Å². The third kappa shape index (κ3) is 5.08. The fourth-order valence-electron chi connectivity index (χ4n) is 6.51. The molecule has 1 spiro atoms. The standard InChI is InChI=1S/C31H39N3O7/c1-19(18-35)34-26-28(38)33(30(2,3)4)16-10-15-31(26)25(27(34)37)24-21(41-31)13-8-9-14-23(36)32-17-22(40-29(24)39)20-11-6-5-7-12-20/h5-8,10-13,15,19,21-22,24-26,35H,9,14,16-18H2,1-4H3,(H,32,36)/b13-8-/t19-,21+,22-,24-,25-,26+,31-/m1/s1. The first kappa shape index (κ1) is 29.0. The summed E-state index contributed by atoms with van der Waals surface area (Å²) in [6, 6.07) is 7.37. The lowest BCUT2D eigenvalue weighted by atomic mass is 9.77. The average molecular weight is 566 g/mol. The number of benzene rings is 1. The van der Waals surface area contributed by atoms with Gasteiger partial charge in [0.05, 0.1) is 31.2 Å². The summed E-state index contributed by atoms with van der Waals surface area (Å²) in [4.78, 5) is 58.1. The number of cyclic esters (lactones) is 1.